The van der Waals surface area contributed by atoms with Crippen molar-refractivity contribution < 1.29 is 5.11 Å². The highest BCUT2D eigenvalue weighted by Gasteiger charge is 2.43. The van der Waals surface area contributed by atoms with Crippen LogP contribution in [0, 0.1) is 5.92 Å². The molecule has 3 heteroatoms. The molecule has 88 valence electrons. The van der Waals surface area contributed by atoms with Crippen molar-refractivity contribution in [3.8, 4) is 0 Å². The zero-order chi connectivity index (χ0) is 11.8. The number of benzene rings is 1. The van der Waals surface area contributed by atoms with Crippen LogP contribution in [0.2, 0.25) is 0 Å². The molecule has 0 unspecified atom stereocenters. The summed E-state index contributed by atoms with van der Waals surface area (Å²) in [6.07, 6.45) is 5.42. The molecule has 2 bridgehead atoms. The van der Waals surface area contributed by atoms with Gasteiger partial charge in [0.15, 0.2) is 0 Å². The van der Waals surface area contributed by atoms with Crippen LogP contribution in [0.3, 0.4) is 0 Å². The Labute approximate surface area is 107 Å². The summed E-state index contributed by atoms with van der Waals surface area (Å²) in [5.74, 6) is 0.340. The molecule has 2 aliphatic rings. The SMILES string of the molecule is OC[C@H]1C[C@H]2C=C[C@@H]1N2C(=S)c1ccccc1. The smallest absolute Gasteiger partial charge is 0.110 e. The minimum Gasteiger partial charge on any atom is -0.396 e. The number of thiocarbonyl (C=S) groups is 1. The van der Waals surface area contributed by atoms with E-state index in [0.29, 0.717) is 12.0 Å². The summed E-state index contributed by atoms with van der Waals surface area (Å²) < 4.78 is 0. The van der Waals surface area contributed by atoms with E-state index in [-0.39, 0.29) is 12.6 Å². The first-order chi connectivity index (χ1) is 8.31. The minimum atomic E-state index is 0.249. The van der Waals surface area contributed by atoms with Gasteiger partial charge in [0.1, 0.15) is 4.99 Å². The molecule has 3 rings (SSSR count). The van der Waals surface area contributed by atoms with Gasteiger partial charge in [0.05, 0.1) is 6.04 Å². The van der Waals surface area contributed by atoms with Gasteiger partial charge in [0.2, 0.25) is 0 Å². The molecule has 17 heavy (non-hydrogen) atoms. The fourth-order valence-corrected chi connectivity index (χ4v) is 3.27. The highest BCUT2D eigenvalue weighted by atomic mass is 32.1. The van der Waals surface area contributed by atoms with E-state index in [2.05, 4.69) is 17.1 Å². The quantitative estimate of drug-likeness (QED) is 0.636. The van der Waals surface area contributed by atoms with E-state index in [1.54, 1.807) is 0 Å². The van der Waals surface area contributed by atoms with Crippen LogP contribution in [0.1, 0.15) is 12.0 Å². The molecule has 1 aromatic carbocycles. The molecule has 3 atom stereocenters. The maximum Gasteiger partial charge on any atom is 0.110 e. The highest BCUT2D eigenvalue weighted by molar-refractivity contribution is 7.80. The Hall–Kier alpha value is -1.19. The van der Waals surface area contributed by atoms with Gasteiger partial charge in [-0.05, 0) is 6.42 Å². The Kier molecular flexibility index (Phi) is 2.73. The predicted octanol–water partition coefficient (Wildman–Crippen LogP) is 1.98. The molecular formula is C14H15NOS. The van der Waals surface area contributed by atoms with Crippen LogP contribution in [0.4, 0.5) is 0 Å². The summed E-state index contributed by atoms with van der Waals surface area (Å²) in [6.45, 7) is 0.249. The zero-order valence-corrected chi connectivity index (χ0v) is 10.3. The second kappa shape index (κ2) is 4.24. The van der Waals surface area contributed by atoms with Gasteiger partial charge in [-0.15, -0.1) is 0 Å². The summed E-state index contributed by atoms with van der Waals surface area (Å²) in [7, 11) is 0. The van der Waals surface area contributed by atoms with Gasteiger partial charge < -0.3 is 10.0 Å². The van der Waals surface area contributed by atoms with Crippen LogP contribution in [0.15, 0.2) is 42.5 Å². The van der Waals surface area contributed by atoms with Gasteiger partial charge >= 0.3 is 0 Å². The molecule has 1 saturated heterocycles. The lowest BCUT2D eigenvalue weighted by molar-refractivity contribution is 0.214. The maximum atomic E-state index is 9.35. The molecule has 0 aromatic heterocycles. The van der Waals surface area contributed by atoms with Crippen LogP contribution in [-0.4, -0.2) is 33.7 Å². The van der Waals surface area contributed by atoms with Crippen molar-refractivity contribution in [2.45, 2.75) is 18.5 Å². The van der Waals surface area contributed by atoms with Crippen molar-refractivity contribution in [1.82, 2.24) is 4.90 Å². The van der Waals surface area contributed by atoms with Crippen molar-refractivity contribution in [2.75, 3.05) is 6.61 Å². The summed E-state index contributed by atoms with van der Waals surface area (Å²) in [4.78, 5) is 3.17. The summed E-state index contributed by atoms with van der Waals surface area (Å²) >= 11 is 5.58. The normalized spacial score (nSPS) is 29.9. The third-order valence-corrected chi connectivity index (χ3v) is 4.17. The van der Waals surface area contributed by atoms with E-state index < -0.39 is 0 Å². The predicted molar refractivity (Wildman–Crippen MR) is 71.9 cm³/mol. The van der Waals surface area contributed by atoms with Crippen LogP contribution >= 0.6 is 12.2 Å². The minimum absolute atomic E-state index is 0.249. The Morgan fingerprint density at radius 2 is 2.06 bits per heavy atom. The number of aliphatic hydroxyl groups excluding tert-OH is 1. The molecular weight excluding hydrogens is 230 g/mol. The fourth-order valence-electron chi connectivity index (χ4n) is 2.87. The van der Waals surface area contributed by atoms with Crippen LogP contribution in [0.25, 0.3) is 0 Å². The molecule has 0 saturated carbocycles. The summed E-state index contributed by atoms with van der Waals surface area (Å²) in [5.41, 5.74) is 1.10. The molecule has 1 N–H and O–H groups in total. The number of hydrogen-bond acceptors (Lipinski definition) is 2. The number of fused-ring (bicyclic) bond motifs is 2. The number of hydrogen-bond donors (Lipinski definition) is 1. The standard InChI is InChI=1S/C14H15NOS/c16-9-11-8-12-6-7-13(11)15(12)14(17)10-4-2-1-3-5-10/h1-7,11-13,16H,8-9H2/t11-,12-,13+/m1/s1. The molecule has 0 amide bonds. The summed E-state index contributed by atoms with van der Waals surface area (Å²) in [6, 6.07) is 10.8. The third kappa shape index (κ3) is 1.70. The maximum absolute atomic E-state index is 9.35. The first-order valence-corrected chi connectivity index (χ1v) is 6.39. The van der Waals surface area contributed by atoms with Crippen LogP contribution < -0.4 is 0 Å². The van der Waals surface area contributed by atoms with E-state index in [9.17, 15) is 5.11 Å². The lowest BCUT2D eigenvalue weighted by atomic mass is 9.95. The molecule has 2 heterocycles. The zero-order valence-electron chi connectivity index (χ0n) is 9.49. The first-order valence-electron chi connectivity index (χ1n) is 5.98. The Morgan fingerprint density at radius 3 is 2.71 bits per heavy atom. The van der Waals surface area contributed by atoms with E-state index in [0.717, 1.165) is 17.0 Å². The largest absolute Gasteiger partial charge is 0.396 e. The Morgan fingerprint density at radius 1 is 1.29 bits per heavy atom. The van der Waals surface area contributed by atoms with Gasteiger partial charge in [0, 0.05) is 24.1 Å². The van der Waals surface area contributed by atoms with Gasteiger partial charge in [0.25, 0.3) is 0 Å². The molecule has 2 aliphatic heterocycles. The van der Waals surface area contributed by atoms with Gasteiger partial charge in [-0.2, -0.15) is 0 Å². The lowest BCUT2D eigenvalue weighted by Gasteiger charge is -2.26. The topological polar surface area (TPSA) is 23.5 Å². The molecule has 0 radical (unpaired) electrons. The average molecular weight is 245 g/mol. The highest BCUT2D eigenvalue weighted by Crippen LogP contribution is 2.37. The van der Waals surface area contributed by atoms with Crippen LogP contribution in [0.5, 0.6) is 0 Å². The van der Waals surface area contributed by atoms with Crippen molar-refractivity contribution >= 4 is 17.2 Å². The summed E-state index contributed by atoms with van der Waals surface area (Å²) in [5, 5.41) is 9.35. The first kappa shape index (κ1) is 10.9. The van der Waals surface area contributed by atoms with Crippen molar-refractivity contribution in [3.63, 3.8) is 0 Å². The Balaban J connectivity index is 1.86. The van der Waals surface area contributed by atoms with E-state index >= 15 is 0 Å². The molecule has 2 nitrogen and oxygen atoms in total. The van der Waals surface area contributed by atoms with E-state index in [4.69, 9.17) is 12.2 Å². The second-order valence-electron chi connectivity index (χ2n) is 4.70. The van der Waals surface area contributed by atoms with Crippen molar-refractivity contribution in [2.24, 2.45) is 5.92 Å². The molecule has 1 aromatic rings. The molecule has 0 aliphatic carbocycles. The molecule has 1 fully saturated rings. The number of rotatable bonds is 2. The van der Waals surface area contributed by atoms with E-state index in [1.807, 2.05) is 30.3 Å². The third-order valence-electron chi connectivity index (χ3n) is 3.73. The van der Waals surface area contributed by atoms with Gasteiger partial charge in [-0.25, -0.2) is 0 Å². The molecule has 0 spiro atoms. The monoisotopic (exact) mass is 245 g/mol. The van der Waals surface area contributed by atoms with Crippen molar-refractivity contribution in [1.29, 1.82) is 0 Å². The number of nitrogens with zero attached hydrogens (tertiary/aromatic N) is 1. The Bertz CT molecular complexity index is 457. The van der Waals surface area contributed by atoms with E-state index in [1.165, 1.54) is 0 Å². The van der Waals surface area contributed by atoms with Gasteiger partial charge in [-0.1, -0.05) is 54.7 Å². The average Bonchev–Trinajstić information content (AvgIpc) is 2.96. The fraction of sp³-hybridized carbons (Fsp3) is 0.357. The van der Waals surface area contributed by atoms with Crippen molar-refractivity contribution in [3.05, 3.63) is 48.0 Å². The van der Waals surface area contributed by atoms with Crippen LogP contribution in [-0.2, 0) is 0 Å². The lowest BCUT2D eigenvalue weighted by Crippen LogP contribution is -2.36. The second-order valence-corrected chi connectivity index (χ2v) is 5.09. The number of aliphatic hydroxyl groups is 1. The van der Waals surface area contributed by atoms with Gasteiger partial charge in [-0.3, -0.25) is 0 Å².